The molecule has 0 bridgehead atoms. The van der Waals surface area contributed by atoms with Crippen LogP contribution in [0.1, 0.15) is 42.1 Å². The van der Waals surface area contributed by atoms with Crippen LogP contribution in [0.4, 0.5) is 0 Å². The summed E-state index contributed by atoms with van der Waals surface area (Å²) >= 11 is 0. The SMILES string of the molecule is [2H]c1ccccc1C(=O)OC[C@H]1OC(OC(C)=O)[C@H](OC(=O)c2ccccc2[2H])[C@@H]1OC(=O)c1ccccc1[2H]. The topological polar surface area (TPSA) is 114 Å². The number of hydrogen-bond donors (Lipinski definition) is 0. The maximum Gasteiger partial charge on any atom is 0.338 e. The van der Waals surface area contributed by atoms with Crippen LogP contribution in [-0.4, -0.2) is 55.1 Å². The summed E-state index contributed by atoms with van der Waals surface area (Å²) in [6.45, 7) is 0.561. The number of carbonyl (C=O) groups is 4. The number of carbonyl (C=O) groups excluding carboxylic acids is 4. The Balaban J connectivity index is 1.63. The van der Waals surface area contributed by atoms with E-state index in [2.05, 4.69) is 0 Å². The predicted molar refractivity (Wildman–Crippen MR) is 128 cm³/mol. The quantitative estimate of drug-likeness (QED) is 0.333. The molecule has 37 heavy (non-hydrogen) atoms. The minimum atomic E-state index is -1.56. The lowest BCUT2D eigenvalue weighted by Gasteiger charge is -2.24. The third-order valence-corrected chi connectivity index (χ3v) is 5.20. The van der Waals surface area contributed by atoms with Gasteiger partial charge in [0.2, 0.25) is 12.4 Å². The summed E-state index contributed by atoms with van der Waals surface area (Å²) < 4.78 is 51.3. The van der Waals surface area contributed by atoms with Crippen molar-refractivity contribution >= 4 is 23.9 Å². The van der Waals surface area contributed by atoms with Crippen LogP contribution in [0, 0.1) is 0 Å². The van der Waals surface area contributed by atoms with E-state index < -0.39 is 55.1 Å². The Hall–Kier alpha value is -4.50. The maximum atomic E-state index is 13.0. The monoisotopic (exact) mass is 507 g/mol. The molecule has 0 aliphatic carbocycles. The molecule has 0 radical (unpaired) electrons. The largest absolute Gasteiger partial charge is 0.459 e. The van der Waals surface area contributed by atoms with Gasteiger partial charge in [0, 0.05) is 6.92 Å². The molecule has 3 aromatic rings. The fourth-order valence-electron chi connectivity index (χ4n) is 3.52. The fraction of sp³-hybridized carbons (Fsp3) is 0.214. The molecule has 0 spiro atoms. The number of esters is 4. The molecule has 1 saturated heterocycles. The lowest BCUT2D eigenvalue weighted by Crippen LogP contribution is -2.42. The Kier molecular flexibility index (Phi) is 7.03. The molecule has 190 valence electrons. The van der Waals surface area contributed by atoms with Gasteiger partial charge in [-0.05, 0) is 36.3 Å². The Morgan fingerprint density at radius 1 is 0.703 bits per heavy atom. The van der Waals surface area contributed by atoms with Gasteiger partial charge in [-0.25, -0.2) is 14.4 Å². The summed E-state index contributed by atoms with van der Waals surface area (Å²) in [5.41, 5.74) is -0.227. The molecule has 9 nitrogen and oxygen atoms in total. The van der Waals surface area contributed by atoms with Crippen LogP contribution in [0.15, 0.2) is 90.9 Å². The normalized spacial score (nSPS) is 21.6. The van der Waals surface area contributed by atoms with Crippen molar-refractivity contribution in [3.63, 3.8) is 0 Å². The summed E-state index contributed by atoms with van der Waals surface area (Å²) in [5.74, 6) is -3.59. The summed E-state index contributed by atoms with van der Waals surface area (Å²) in [6, 6.07) is 17.2. The molecule has 1 aliphatic rings. The van der Waals surface area contributed by atoms with E-state index in [9.17, 15) is 19.2 Å². The van der Waals surface area contributed by atoms with Crippen LogP contribution in [-0.2, 0) is 28.5 Å². The van der Waals surface area contributed by atoms with Crippen molar-refractivity contribution in [1.29, 1.82) is 0 Å². The first-order valence-electron chi connectivity index (χ1n) is 12.7. The zero-order valence-electron chi connectivity index (χ0n) is 22.6. The van der Waals surface area contributed by atoms with Gasteiger partial charge in [0.25, 0.3) is 0 Å². The zero-order chi connectivity index (χ0) is 28.8. The minimum Gasteiger partial charge on any atom is -0.459 e. The zero-order valence-corrected chi connectivity index (χ0v) is 19.6. The smallest absolute Gasteiger partial charge is 0.338 e. The molecule has 0 amide bonds. The highest BCUT2D eigenvalue weighted by Gasteiger charge is 2.52. The molecule has 4 rings (SSSR count). The van der Waals surface area contributed by atoms with Crippen LogP contribution < -0.4 is 0 Å². The number of benzene rings is 3. The average Bonchev–Trinajstić information content (AvgIpc) is 3.22. The van der Waals surface area contributed by atoms with E-state index in [1.165, 1.54) is 48.5 Å². The van der Waals surface area contributed by atoms with Gasteiger partial charge >= 0.3 is 23.9 Å². The van der Waals surface area contributed by atoms with Gasteiger partial charge in [0.05, 0.1) is 20.8 Å². The van der Waals surface area contributed by atoms with Gasteiger partial charge in [0.15, 0.2) is 6.10 Å². The fourth-order valence-corrected chi connectivity index (χ4v) is 3.52. The first kappa shape index (κ1) is 21.8. The van der Waals surface area contributed by atoms with Gasteiger partial charge < -0.3 is 23.7 Å². The highest BCUT2D eigenvalue weighted by Crippen LogP contribution is 2.30. The van der Waals surface area contributed by atoms with Crippen LogP contribution in [0.2, 0.25) is 0 Å². The minimum absolute atomic E-state index is 0.0243. The maximum absolute atomic E-state index is 13.0. The molecular weight excluding hydrogens is 480 g/mol. The standard InChI is InChI=1S/C28H24O9/c1-18(29)34-28-24(37-27(32)21-15-9-4-10-16-21)23(36-26(31)20-13-7-3-8-14-20)22(35-28)17-33-25(30)19-11-5-2-6-12-19/h2-16,22-24,28H,17H2,1H3/t22-,23-,24-,28?/m1/s1/i11D,13D,15D. The second-order valence-corrected chi connectivity index (χ2v) is 7.82. The highest BCUT2D eigenvalue weighted by molar-refractivity contribution is 5.91. The predicted octanol–water partition coefficient (Wildman–Crippen LogP) is 3.58. The van der Waals surface area contributed by atoms with Gasteiger partial charge in [-0.1, -0.05) is 54.6 Å². The Morgan fingerprint density at radius 2 is 1.19 bits per heavy atom. The van der Waals surface area contributed by atoms with Crippen molar-refractivity contribution in [1.82, 2.24) is 0 Å². The van der Waals surface area contributed by atoms with Crippen LogP contribution in [0.3, 0.4) is 0 Å². The Morgan fingerprint density at radius 3 is 1.68 bits per heavy atom. The molecule has 0 saturated carbocycles. The molecule has 0 aromatic heterocycles. The third-order valence-electron chi connectivity index (χ3n) is 5.20. The van der Waals surface area contributed by atoms with E-state index in [1.54, 1.807) is 24.3 Å². The summed E-state index contributed by atoms with van der Waals surface area (Å²) in [5, 5.41) is 0. The lowest BCUT2D eigenvalue weighted by molar-refractivity contribution is -0.187. The molecule has 1 fully saturated rings. The van der Waals surface area contributed by atoms with E-state index >= 15 is 0 Å². The van der Waals surface area contributed by atoms with E-state index in [4.69, 9.17) is 27.8 Å². The Bertz CT molecular complexity index is 1430. The van der Waals surface area contributed by atoms with E-state index in [0.717, 1.165) is 6.92 Å². The van der Waals surface area contributed by atoms with E-state index in [-0.39, 0.29) is 34.8 Å². The molecule has 1 unspecified atom stereocenters. The Labute approximate surface area is 217 Å². The molecular formula is C28H24O9. The van der Waals surface area contributed by atoms with Crippen molar-refractivity contribution in [2.45, 2.75) is 31.5 Å². The van der Waals surface area contributed by atoms with E-state index in [1.807, 2.05) is 0 Å². The van der Waals surface area contributed by atoms with Crippen molar-refractivity contribution in [2.75, 3.05) is 6.61 Å². The van der Waals surface area contributed by atoms with Crippen LogP contribution in [0.25, 0.3) is 0 Å². The second kappa shape index (κ2) is 12.0. The van der Waals surface area contributed by atoms with Gasteiger partial charge in [-0.15, -0.1) is 0 Å². The van der Waals surface area contributed by atoms with E-state index in [0.29, 0.717) is 0 Å². The number of rotatable bonds is 8. The molecule has 1 heterocycles. The summed E-state index contributed by atoms with van der Waals surface area (Å²) in [4.78, 5) is 50.5. The van der Waals surface area contributed by atoms with Crippen molar-refractivity contribution in [3.8, 4) is 0 Å². The molecule has 0 N–H and O–H groups in total. The number of ether oxygens (including phenoxy) is 5. The first-order chi connectivity index (χ1) is 19.2. The van der Waals surface area contributed by atoms with Gasteiger partial charge in [-0.2, -0.15) is 0 Å². The summed E-state index contributed by atoms with van der Waals surface area (Å²) in [7, 11) is 0. The second-order valence-electron chi connectivity index (χ2n) is 7.82. The average molecular weight is 508 g/mol. The summed E-state index contributed by atoms with van der Waals surface area (Å²) in [6.07, 6.45) is -5.82. The molecule has 1 aliphatic heterocycles. The third kappa shape index (κ3) is 6.59. The first-order valence-corrected chi connectivity index (χ1v) is 11.2. The number of hydrogen-bond acceptors (Lipinski definition) is 9. The molecule has 9 heteroatoms. The lowest BCUT2D eigenvalue weighted by atomic mass is 10.1. The molecule has 3 aromatic carbocycles. The van der Waals surface area contributed by atoms with Crippen molar-refractivity contribution in [2.24, 2.45) is 0 Å². The molecule has 4 atom stereocenters. The van der Waals surface area contributed by atoms with Crippen LogP contribution in [0.5, 0.6) is 0 Å². The van der Waals surface area contributed by atoms with Crippen LogP contribution >= 0.6 is 0 Å². The highest BCUT2D eigenvalue weighted by atomic mass is 16.8. The van der Waals surface area contributed by atoms with Gasteiger partial charge in [-0.3, -0.25) is 4.79 Å². The van der Waals surface area contributed by atoms with Crippen molar-refractivity contribution in [3.05, 3.63) is 108 Å². The van der Waals surface area contributed by atoms with Crippen molar-refractivity contribution < 1.29 is 47.0 Å². The van der Waals surface area contributed by atoms with Gasteiger partial charge in [0.1, 0.15) is 12.7 Å².